The number of carbonyl (C=O) groups is 1. The van der Waals surface area contributed by atoms with E-state index in [1.807, 2.05) is 43.5 Å². The number of hydrogen-bond acceptors (Lipinski definition) is 4. The lowest BCUT2D eigenvalue weighted by Gasteiger charge is -2.29. The van der Waals surface area contributed by atoms with Crippen LogP contribution in [0.3, 0.4) is 0 Å². The minimum Gasteiger partial charge on any atom is -0.493 e. The number of benzene rings is 1. The first-order chi connectivity index (χ1) is 15.1. The average Bonchev–Trinajstić information content (AvgIpc) is 3.16. The standard InChI is InChI=1S/C26H33N3O3/c1-7-12-26(6,24(30)31)22-16(2)27-21-15-20(25(3,4)5)28-29(21)23(22)18-10-11-19-17(14-18)9-8-13-32-19/h10-11,14-15H,7-9,12-13H2,1-6H3,(H,30,31). The lowest BCUT2D eigenvalue weighted by Crippen LogP contribution is -2.35. The fourth-order valence-electron chi connectivity index (χ4n) is 4.76. The molecule has 0 bridgehead atoms. The van der Waals surface area contributed by atoms with Crippen molar-refractivity contribution in [1.82, 2.24) is 14.6 Å². The highest BCUT2D eigenvalue weighted by Gasteiger charge is 2.40. The van der Waals surface area contributed by atoms with Crippen molar-refractivity contribution in [3.63, 3.8) is 0 Å². The molecule has 0 amide bonds. The molecule has 6 nitrogen and oxygen atoms in total. The van der Waals surface area contributed by atoms with Crippen molar-refractivity contribution in [2.45, 2.75) is 78.1 Å². The van der Waals surface area contributed by atoms with Crippen LogP contribution in [-0.2, 0) is 22.0 Å². The van der Waals surface area contributed by atoms with Gasteiger partial charge in [0, 0.05) is 28.3 Å². The van der Waals surface area contributed by atoms with Crippen molar-refractivity contribution in [2.75, 3.05) is 6.61 Å². The highest BCUT2D eigenvalue weighted by atomic mass is 16.5. The van der Waals surface area contributed by atoms with Crippen LogP contribution in [0.2, 0.25) is 0 Å². The Morgan fingerprint density at radius 1 is 1.22 bits per heavy atom. The van der Waals surface area contributed by atoms with Crippen molar-refractivity contribution >= 4 is 11.6 Å². The van der Waals surface area contributed by atoms with Crippen molar-refractivity contribution < 1.29 is 14.6 Å². The zero-order chi connectivity index (χ0) is 23.3. The van der Waals surface area contributed by atoms with Gasteiger partial charge in [-0.1, -0.05) is 34.1 Å². The summed E-state index contributed by atoms with van der Waals surface area (Å²) in [5.41, 5.74) is 4.83. The topological polar surface area (TPSA) is 76.7 Å². The molecule has 0 spiro atoms. The summed E-state index contributed by atoms with van der Waals surface area (Å²) in [5.74, 6) is 0.0725. The van der Waals surface area contributed by atoms with Crippen molar-refractivity contribution in [3.8, 4) is 17.0 Å². The summed E-state index contributed by atoms with van der Waals surface area (Å²) in [6.45, 7) is 12.8. The summed E-state index contributed by atoms with van der Waals surface area (Å²) in [5, 5.41) is 15.3. The van der Waals surface area contributed by atoms with Gasteiger partial charge in [0.15, 0.2) is 5.65 Å². The maximum Gasteiger partial charge on any atom is 0.313 e. The van der Waals surface area contributed by atoms with Crippen LogP contribution in [0.5, 0.6) is 5.75 Å². The highest BCUT2D eigenvalue weighted by Crippen LogP contribution is 2.41. The molecule has 3 aromatic rings. The number of fused-ring (bicyclic) bond motifs is 2. The molecule has 1 N–H and O–H groups in total. The van der Waals surface area contributed by atoms with E-state index in [0.717, 1.165) is 71.0 Å². The molecule has 3 heterocycles. The normalized spacial score (nSPS) is 15.8. The van der Waals surface area contributed by atoms with E-state index in [0.29, 0.717) is 6.42 Å². The molecule has 0 saturated heterocycles. The molecule has 32 heavy (non-hydrogen) atoms. The molecule has 0 saturated carbocycles. The zero-order valence-electron chi connectivity index (χ0n) is 20.0. The quantitative estimate of drug-likeness (QED) is 0.575. The van der Waals surface area contributed by atoms with Crippen molar-refractivity contribution in [1.29, 1.82) is 0 Å². The number of carboxylic acids is 1. The smallest absolute Gasteiger partial charge is 0.313 e. The van der Waals surface area contributed by atoms with E-state index in [-0.39, 0.29) is 5.41 Å². The van der Waals surface area contributed by atoms with Gasteiger partial charge in [-0.2, -0.15) is 5.10 Å². The Hall–Kier alpha value is -2.89. The fourth-order valence-corrected chi connectivity index (χ4v) is 4.76. The largest absolute Gasteiger partial charge is 0.493 e. The van der Waals surface area contributed by atoms with Crippen molar-refractivity contribution in [3.05, 3.63) is 46.8 Å². The molecule has 0 fully saturated rings. The number of ether oxygens (including phenoxy) is 1. The fraction of sp³-hybridized carbons (Fsp3) is 0.500. The molecule has 2 aromatic heterocycles. The first-order valence-corrected chi connectivity index (χ1v) is 11.5. The molecule has 4 rings (SSSR count). The second-order valence-electron chi connectivity index (χ2n) is 10.1. The maximum absolute atomic E-state index is 12.6. The van der Waals surface area contributed by atoms with E-state index < -0.39 is 11.4 Å². The van der Waals surface area contributed by atoms with Gasteiger partial charge in [-0.25, -0.2) is 9.50 Å². The number of carboxylic acid groups (broad SMARTS) is 1. The van der Waals surface area contributed by atoms with E-state index in [1.54, 1.807) is 0 Å². The van der Waals surface area contributed by atoms with Gasteiger partial charge in [-0.15, -0.1) is 0 Å². The molecular formula is C26H33N3O3. The monoisotopic (exact) mass is 435 g/mol. The van der Waals surface area contributed by atoms with Gasteiger partial charge in [0.2, 0.25) is 0 Å². The Kier molecular flexibility index (Phi) is 5.51. The van der Waals surface area contributed by atoms with Gasteiger partial charge in [0.05, 0.1) is 23.4 Å². The zero-order valence-corrected chi connectivity index (χ0v) is 20.0. The number of hydrogen-bond donors (Lipinski definition) is 1. The van der Waals surface area contributed by atoms with Crippen LogP contribution in [0.15, 0.2) is 24.3 Å². The van der Waals surface area contributed by atoms with Gasteiger partial charge >= 0.3 is 5.97 Å². The van der Waals surface area contributed by atoms with E-state index in [1.165, 1.54) is 0 Å². The third-order valence-corrected chi connectivity index (χ3v) is 6.51. The minimum absolute atomic E-state index is 0.151. The lowest BCUT2D eigenvalue weighted by atomic mass is 9.76. The van der Waals surface area contributed by atoms with Crippen LogP contribution < -0.4 is 4.74 Å². The second-order valence-corrected chi connectivity index (χ2v) is 10.1. The Balaban J connectivity index is 2.09. The number of aliphatic carboxylic acids is 1. The number of rotatable bonds is 5. The Bertz CT molecular complexity index is 1190. The second kappa shape index (κ2) is 7.91. The maximum atomic E-state index is 12.6. The Morgan fingerprint density at radius 2 is 1.97 bits per heavy atom. The summed E-state index contributed by atoms with van der Waals surface area (Å²) < 4.78 is 7.67. The van der Waals surface area contributed by atoms with E-state index in [4.69, 9.17) is 14.8 Å². The first kappa shape index (κ1) is 22.3. The Morgan fingerprint density at radius 3 is 2.62 bits per heavy atom. The predicted molar refractivity (Wildman–Crippen MR) is 126 cm³/mol. The van der Waals surface area contributed by atoms with Crippen LogP contribution in [-0.4, -0.2) is 32.3 Å². The molecule has 1 unspecified atom stereocenters. The molecule has 1 atom stereocenters. The van der Waals surface area contributed by atoms with Crippen LogP contribution in [0.1, 0.15) is 76.4 Å². The van der Waals surface area contributed by atoms with E-state index >= 15 is 0 Å². The summed E-state index contributed by atoms with van der Waals surface area (Å²) in [7, 11) is 0. The molecule has 1 aliphatic rings. The van der Waals surface area contributed by atoms with Crippen molar-refractivity contribution in [2.24, 2.45) is 0 Å². The van der Waals surface area contributed by atoms with Crippen LogP contribution in [0, 0.1) is 6.92 Å². The summed E-state index contributed by atoms with van der Waals surface area (Å²) in [6, 6.07) is 8.18. The third-order valence-electron chi connectivity index (χ3n) is 6.51. The van der Waals surface area contributed by atoms with Crippen LogP contribution in [0.25, 0.3) is 16.9 Å². The molecule has 0 aliphatic carbocycles. The van der Waals surface area contributed by atoms with E-state index in [9.17, 15) is 9.90 Å². The minimum atomic E-state index is -1.07. The molecule has 1 aliphatic heterocycles. The third kappa shape index (κ3) is 3.65. The summed E-state index contributed by atoms with van der Waals surface area (Å²) in [6.07, 6.45) is 3.20. The number of aromatic nitrogens is 3. The number of aryl methyl sites for hydroxylation is 2. The SMILES string of the molecule is CCCC(C)(C(=O)O)c1c(C)nc2cc(C(C)(C)C)nn2c1-c1ccc2c(c1)CCCO2. The first-order valence-electron chi connectivity index (χ1n) is 11.5. The molecular weight excluding hydrogens is 402 g/mol. The molecule has 1 aromatic carbocycles. The predicted octanol–water partition coefficient (Wildman–Crippen LogP) is 5.47. The lowest BCUT2D eigenvalue weighted by molar-refractivity contribution is -0.143. The summed E-state index contributed by atoms with van der Waals surface area (Å²) >= 11 is 0. The average molecular weight is 436 g/mol. The summed E-state index contributed by atoms with van der Waals surface area (Å²) in [4.78, 5) is 17.4. The molecule has 170 valence electrons. The molecule has 0 radical (unpaired) electrons. The Labute approximate surface area is 189 Å². The highest BCUT2D eigenvalue weighted by molar-refractivity contribution is 5.85. The van der Waals surface area contributed by atoms with Gasteiger partial charge in [-0.3, -0.25) is 4.79 Å². The molecule has 6 heteroatoms. The number of nitrogens with zero attached hydrogens (tertiary/aromatic N) is 3. The van der Waals surface area contributed by atoms with Gasteiger partial charge in [0.25, 0.3) is 0 Å². The van der Waals surface area contributed by atoms with Crippen LogP contribution in [0.4, 0.5) is 0 Å². The van der Waals surface area contributed by atoms with E-state index in [2.05, 4.69) is 26.8 Å². The van der Waals surface area contributed by atoms with Gasteiger partial charge in [-0.05, 0) is 56.9 Å². The van der Waals surface area contributed by atoms with Crippen LogP contribution >= 0.6 is 0 Å². The van der Waals surface area contributed by atoms with Gasteiger partial charge < -0.3 is 9.84 Å². The van der Waals surface area contributed by atoms with Gasteiger partial charge in [0.1, 0.15) is 5.75 Å².